The van der Waals surface area contributed by atoms with Gasteiger partial charge in [-0.3, -0.25) is 9.35 Å². The highest BCUT2D eigenvalue weighted by Crippen LogP contribution is 2.75. The standard InChI is InChI=1S/C30H51NO3.C7H8O3S/c1-7-8-9-10-11-12-13-24(31)30(19-22-14-16-28(30,6)27(22,4)5)25(33)34-29(20-32)17-15-21-18-23(29)26(21,2)3;1-6-2-4-7(5-3-6)11(8,9)10/h7,21-24,32H,1,8-20,31H2,2-6H3;2-5H,1H3,(H,8,9,10)/t21?,22?,23?,24-,28?,29?,30?;/m1./s1. The van der Waals surface area contributed by atoms with Gasteiger partial charge in [-0.25, -0.2) is 0 Å². The fraction of sp³-hybridized carbons (Fsp3) is 0.757. The second kappa shape index (κ2) is 13.0. The normalized spacial score (nSPS) is 34.6. The summed E-state index contributed by atoms with van der Waals surface area (Å²) >= 11 is 0. The van der Waals surface area contributed by atoms with Crippen molar-refractivity contribution in [2.24, 2.45) is 45.1 Å². The van der Waals surface area contributed by atoms with Gasteiger partial charge < -0.3 is 15.6 Å². The molecular formula is C37H59NO6S. The van der Waals surface area contributed by atoms with E-state index in [1.54, 1.807) is 12.1 Å². The lowest BCUT2D eigenvalue weighted by Gasteiger charge is -2.64. The highest BCUT2D eigenvalue weighted by atomic mass is 32.2. The molecule has 0 heterocycles. The molecular weight excluding hydrogens is 586 g/mol. The Kier molecular flexibility index (Phi) is 10.5. The average molecular weight is 646 g/mol. The van der Waals surface area contributed by atoms with Gasteiger partial charge >= 0.3 is 5.97 Å². The van der Waals surface area contributed by atoms with Crippen LogP contribution in [0.15, 0.2) is 41.8 Å². The molecule has 254 valence electrons. The number of benzene rings is 1. The second-order valence-corrected chi connectivity index (χ2v) is 17.5. The number of ether oxygens (including phenoxy) is 1. The molecule has 5 aliphatic carbocycles. The zero-order valence-electron chi connectivity index (χ0n) is 28.6. The van der Waals surface area contributed by atoms with Crippen LogP contribution in [0, 0.1) is 46.3 Å². The molecule has 7 nitrogen and oxygen atoms in total. The van der Waals surface area contributed by atoms with E-state index in [1.165, 1.54) is 31.4 Å². The van der Waals surface area contributed by atoms with Gasteiger partial charge in [0.05, 0.1) is 16.9 Å². The van der Waals surface area contributed by atoms with Crippen molar-refractivity contribution in [2.75, 3.05) is 6.61 Å². The summed E-state index contributed by atoms with van der Waals surface area (Å²) in [7, 11) is -4.02. The Hall–Kier alpha value is -1.74. The van der Waals surface area contributed by atoms with E-state index in [-0.39, 0.29) is 45.7 Å². The fourth-order valence-corrected chi connectivity index (χ4v) is 10.4. The van der Waals surface area contributed by atoms with Gasteiger partial charge in [0.1, 0.15) is 5.60 Å². The first-order valence-electron chi connectivity index (χ1n) is 17.2. The molecule has 1 aromatic rings. The van der Waals surface area contributed by atoms with Gasteiger partial charge in [0.15, 0.2) is 0 Å². The van der Waals surface area contributed by atoms with Crippen LogP contribution in [0.1, 0.15) is 117 Å². The molecule has 45 heavy (non-hydrogen) atoms. The molecule has 6 rings (SSSR count). The van der Waals surface area contributed by atoms with Crippen molar-refractivity contribution in [3.05, 3.63) is 42.5 Å². The summed E-state index contributed by atoms with van der Waals surface area (Å²) < 4.78 is 36.2. The van der Waals surface area contributed by atoms with Gasteiger partial charge in [0.2, 0.25) is 0 Å². The highest BCUT2D eigenvalue weighted by molar-refractivity contribution is 7.85. The first kappa shape index (κ1) is 36.1. The molecule has 6 unspecified atom stereocenters. The van der Waals surface area contributed by atoms with Crippen molar-refractivity contribution in [1.82, 2.24) is 0 Å². The van der Waals surface area contributed by atoms with Crippen LogP contribution < -0.4 is 5.73 Å². The summed E-state index contributed by atoms with van der Waals surface area (Å²) in [5.74, 6) is 1.33. The Labute approximate surface area is 272 Å². The van der Waals surface area contributed by atoms with Crippen molar-refractivity contribution in [3.63, 3.8) is 0 Å². The largest absolute Gasteiger partial charge is 0.456 e. The molecule has 5 saturated carbocycles. The quantitative estimate of drug-likeness (QED) is 0.0922. The number of hydrogen-bond acceptors (Lipinski definition) is 6. The van der Waals surface area contributed by atoms with Crippen molar-refractivity contribution in [2.45, 2.75) is 135 Å². The number of aliphatic hydroxyl groups excluding tert-OH is 1. The lowest BCUT2D eigenvalue weighted by Crippen LogP contribution is -2.66. The first-order chi connectivity index (χ1) is 20.9. The maximum absolute atomic E-state index is 14.4. The summed E-state index contributed by atoms with van der Waals surface area (Å²) in [5.41, 5.74) is 6.63. The number of esters is 1. The molecule has 0 saturated heterocycles. The maximum Gasteiger partial charge on any atom is 0.314 e. The molecule has 5 aliphatic rings. The maximum atomic E-state index is 14.4. The van der Waals surface area contributed by atoms with E-state index in [0.717, 1.165) is 63.4 Å². The zero-order chi connectivity index (χ0) is 33.5. The number of carbonyl (C=O) groups excluding carboxylic acids is 1. The number of rotatable bonds is 12. The third-order valence-electron chi connectivity index (χ3n) is 13.6. The summed E-state index contributed by atoms with van der Waals surface area (Å²) in [5, 5.41) is 10.6. The van der Waals surface area contributed by atoms with Crippen LogP contribution in [0.2, 0.25) is 0 Å². The number of unbranched alkanes of at least 4 members (excludes halogenated alkanes) is 4. The van der Waals surface area contributed by atoms with Crippen molar-refractivity contribution in [3.8, 4) is 0 Å². The van der Waals surface area contributed by atoms with Crippen molar-refractivity contribution < 1.29 is 27.6 Å². The number of allylic oxidation sites excluding steroid dienone is 1. The third kappa shape index (κ3) is 6.18. The molecule has 0 aromatic heterocycles. The van der Waals surface area contributed by atoms with E-state index in [4.69, 9.17) is 15.0 Å². The molecule has 0 aliphatic heterocycles. The van der Waals surface area contributed by atoms with E-state index in [2.05, 4.69) is 41.2 Å². The number of nitrogens with two attached hydrogens (primary N) is 1. The molecule has 5 fully saturated rings. The predicted octanol–water partition coefficient (Wildman–Crippen LogP) is 7.65. The Bertz CT molecular complexity index is 1320. The molecule has 0 radical (unpaired) electrons. The van der Waals surface area contributed by atoms with Crippen molar-refractivity contribution in [1.29, 1.82) is 0 Å². The molecule has 7 atom stereocenters. The summed E-state index contributed by atoms with van der Waals surface area (Å²) in [4.78, 5) is 14.4. The Morgan fingerprint density at radius 3 is 2.16 bits per heavy atom. The minimum Gasteiger partial charge on any atom is -0.456 e. The zero-order valence-corrected chi connectivity index (χ0v) is 29.4. The Balaban J connectivity index is 0.000000354. The van der Waals surface area contributed by atoms with E-state index in [1.807, 2.05) is 13.0 Å². The van der Waals surface area contributed by atoms with Crippen LogP contribution in [0.25, 0.3) is 0 Å². The summed E-state index contributed by atoms with van der Waals surface area (Å²) in [6, 6.07) is 5.79. The first-order valence-corrected chi connectivity index (χ1v) is 18.6. The van der Waals surface area contributed by atoms with Crippen LogP contribution in [0.5, 0.6) is 0 Å². The average Bonchev–Trinajstić information content (AvgIpc) is 3.31. The van der Waals surface area contributed by atoms with E-state index in [9.17, 15) is 18.3 Å². The van der Waals surface area contributed by atoms with Crippen LogP contribution >= 0.6 is 0 Å². The molecule has 1 aromatic carbocycles. The summed E-state index contributed by atoms with van der Waals surface area (Å²) in [6.45, 7) is 17.2. The Morgan fingerprint density at radius 2 is 1.67 bits per heavy atom. The summed E-state index contributed by atoms with van der Waals surface area (Å²) in [6.07, 6.45) is 14.4. The molecule has 0 spiro atoms. The fourth-order valence-electron chi connectivity index (χ4n) is 9.96. The number of aliphatic hydroxyl groups is 1. The second-order valence-electron chi connectivity index (χ2n) is 16.1. The molecule has 4 bridgehead atoms. The lowest BCUT2D eigenvalue weighted by molar-refractivity contribution is -0.247. The smallest absolute Gasteiger partial charge is 0.314 e. The third-order valence-corrected chi connectivity index (χ3v) is 14.4. The monoisotopic (exact) mass is 645 g/mol. The van der Waals surface area contributed by atoms with E-state index < -0.39 is 21.1 Å². The van der Waals surface area contributed by atoms with Crippen LogP contribution in [0.4, 0.5) is 0 Å². The van der Waals surface area contributed by atoms with Gasteiger partial charge in [-0.1, -0.05) is 77.7 Å². The topological polar surface area (TPSA) is 127 Å². The van der Waals surface area contributed by atoms with E-state index in [0.29, 0.717) is 11.8 Å². The SMILES string of the molecule is C=CCCCCCC[C@@H](N)C1(C(=O)OC2(CO)CCC3CC2C3(C)C)CC2CCC1(C)C2(C)C.Cc1ccc(S(=O)(=O)O)cc1. The predicted molar refractivity (Wildman–Crippen MR) is 179 cm³/mol. The number of fused-ring (bicyclic) bond motifs is 4. The van der Waals surface area contributed by atoms with Gasteiger partial charge in [-0.15, -0.1) is 6.58 Å². The van der Waals surface area contributed by atoms with Crippen LogP contribution in [-0.4, -0.2) is 42.3 Å². The molecule has 0 amide bonds. The number of carbonyl (C=O) groups is 1. The minimum atomic E-state index is -4.02. The van der Waals surface area contributed by atoms with Crippen LogP contribution in [0.3, 0.4) is 0 Å². The van der Waals surface area contributed by atoms with Gasteiger partial charge in [-0.2, -0.15) is 8.42 Å². The van der Waals surface area contributed by atoms with Crippen molar-refractivity contribution >= 4 is 16.1 Å². The Morgan fingerprint density at radius 1 is 1.04 bits per heavy atom. The number of aryl methyl sites for hydroxylation is 1. The highest BCUT2D eigenvalue weighted by Gasteiger charge is 2.74. The van der Waals surface area contributed by atoms with Gasteiger partial charge in [0.25, 0.3) is 10.1 Å². The van der Waals surface area contributed by atoms with Gasteiger partial charge in [-0.05, 0) is 105 Å². The van der Waals surface area contributed by atoms with Crippen LogP contribution in [-0.2, 0) is 19.6 Å². The lowest BCUT2D eigenvalue weighted by atomic mass is 9.44. The van der Waals surface area contributed by atoms with E-state index >= 15 is 0 Å². The minimum absolute atomic E-state index is 0.0629. The molecule has 4 N–H and O–H groups in total. The number of hydrogen-bond donors (Lipinski definition) is 3. The molecule has 8 heteroatoms. The van der Waals surface area contributed by atoms with Gasteiger partial charge in [0, 0.05) is 12.0 Å².